The van der Waals surface area contributed by atoms with Crippen LogP contribution in [0.1, 0.15) is 5.56 Å². The number of aromatic amines is 1. The predicted octanol–water partition coefficient (Wildman–Crippen LogP) is 1.20. The molecule has 0 fully saturated rings. The molecule has 0 bridgehead atoms. The van der Waals surface area contributed by atoms with E-state index in [-0.39, 0.29) is 11.9 Å². The molecule has 0 radical (unpaired) electrons. The standard InChI is InChI=1S/C10H13N5OS2/c1-15(4-7-2-3-17-5-7)8(16)6-18-10-12-9(11)13-14-10/h2-3,5H,4,6H2,1H3,(H3,11,12,13,14). The fourth-order valence-corrected chi connectivity index (χ4v) is 2.71. The Morgan fingerprint density at radius 3 is 3.11 bits per heavy atom. The number of anilines is 1. The molecule has 2 aromatic rings. The Morgan fingerprint density at radius 2 is 2.50 bits per heavy atom. The lowest BCUT2D eigenvalue weighted by Crippen LogP contribution is -2.27. The van der Waals surface area contributed by atoms with Gasteiger partial charge in [0.15, 0.2) is 0 Å². The smallest absolute Gasteiger partial charge is 0.233 e. The Morgan fingerprint density at radius 1 is 1.67 bits per heavy atom. The van der Waals surface area contributed by atoms with E-state index in [1.54, 1.807) is 23.3 Å². The first kappa shape index (κ1) is 12.9. The summed E-state index contributed by atoms with van der Waals surface area (Å²) in [6.07, 6.45) is 0. The SMILES string of the molecule is CN(Cc1ccsc1)C(=O)CSc1n[nH]c(N)n1. The summed E-state index contributed by atoms with van der Waals surface area (Å²) in [5.41, 5.74) is 6.54. The number of rotatable bonds is 5. The fraction of sp³-hybridized carbons (Fsp3) is 0.300. The van der Waals surface area contributed by atoms with E-state index in [0.717, 1.165) is 5.56 Å². The van der Waals surface area contributed by atoms with Crippen LogP contribution in [0.2, 0.25) is 0 Å². The predicted molar refractivity (Wildman–Crippen MR) is 72.3 cm³/mol. The third-order valence-corrected chi connectivity index (χ3v) is 3.80. The number of amides is 1. The average Bonchev–Trinajstić information content (AvgIpc) is 2.97. The summed E-state index contributed by atoms with van der Waals surface area (Å²) in [6.45, 7) is 0.624. The van der Waals surface area contributed by atoms with Crippen molar-refractivity contribution in [3.05, 3.63) is 22.4 Å². The molecule has 0 unspecified atom stereocenters. The third kappa shape index (κ3) is 3.47. The highest BCUT2D eigenvalue weighted by atomic mass is 32.2. The van der Waals surface area contributed by atoms with Crippen molar-refractivity contribution in [2.75, 3.05) is 18.5 Å². The monoisotopic (exact) mass is 283 g/mol. The Kier molecular flexibility index (Phi) is 4.21. The van der Waals surface area contributed by atoms with Crippen molar-refractivity contribution in [1.82, 2.24) is 20.1 Å². The van der Waals surface area contributed by atoms with E-state index in [1.807, 2.05) is 16.8 Å². The molecule has 2 rings (SSSR count). The summed E-state index contributed by atoms with van der Waals surface area (Å²) in [6, 6.07) is 2.01. The van der Waals surface area contributed by atoms with Gasteiger partial charge in [0.1, 0.15) is 0 Å². The van der Waals surface area contributed by atoms with E-state index < -0.39 is 0 Å². The number of nitrogen functional groups attached to an aromatic ring is 1. The van der Waals surface area contributed by atoms with Gasteiger partial charge in [0.2, 0.25) is 17.0 Å². The molecular formula is C10H13N5OS2. The first-order valence-corrected chi connectivity index (χ1v) is 7.13. The zero-order valence-corrected chi connectivity index (χ0v) is 11.4. The number of thiophene rings is 1. The van der Waals surface area contributed by atoms with Gasteiger partial charge in [0.25, 0.3) is 0 Å². The third-order valence-electron chi connectivity index (χ3n) is 2.23. The largest absolute Gasteiger partial charge is 0.368 e. The zero-order chi connectivity index (χ0) is 13.0. The molecule has 6 nitrogen and oxygen atoms in total. The highest BCUT2D eigenvalue weighted by Crippen LogP contribution is 2.14. The second-order valence-corrected chi connectivity index (χ2v) is 5.40. The Hall–Kier alpha value is -1.54. The number of H-pyrrole nitrogens is 1. The van der Waals surface area contributed by atoms with Gasteiger partial charge in [-0.2, -0.15) is 16.3 Å². The van der Waals surface area contributed by atoms with Gasteiger partial charge in [-0.05, 0) is 22.4 Å². The topological polar surface area (TPSA) is 87.9 Å². The van der Waals surface area contributed by atoms with Crippen LogP contribution in [0.3, 0.4) is 0 Å². The van der Waals surface area contributed by atoms with Crippen molar-refractivity contribution in [2.45, 2.75) is 11.7 Å². The Balaban J connectivity index is 1.80. The van der Waals surface area contributed by atoms with Crippen LogP contribution in [0, 0.1) is 0 Å². The second-order valence-electron chi connectivity index (χ2n) is 3.67. The molecule has 2 heterocycles. The molecule has 3 N–H and O–H groups in total. The lowest BCUT2D eigenvalue weighted by Gasteiger charge is -2.15. The number of nitrogens with zero attached hydrogens (tertiary/aromatic N) is 3. The zero-order valence-electron chi connectivity index (χ0n) is 9.79. The van der Waals surface area contributed by atoms with Gasteiger partial charge >= 0.3 is 0 Å². The number of nitrogens with one attached hydrogen (secondary N) is 1. The van der Waals surface area contributed by atoms with Crippen LogP contribution in [0.5, 0.6) is 0 Å². The highest BCUT2D eigenvalue weighted by molar-refractivity contribution is 7.99. The number of hydrogen-bond acceptors (Lipinski definition) is 6. The first-order valence-electron chi connectivity index (χ1n) is 5.21. The maximum Gasteiger partial charge on any atom is 0.233 e. The second kappa shape index (κ2) is 5.87. The minimum atomic E-state index is 0.0366. The number of carbonyl (C=O) groups excluding carboxylic acids is 1. The van der Waals surface area contributed by atoms with Gasteiger partial charge in [0, 0.05) is 13.6 Å². The van der Waals surface area contributed by atoms with Gasteiger partial charge < -0.3 is 10.6 Å². The molecule has 2 aromatic heterocycles. The number of thioether (sulfide) groups is 1. The Bertz CT molecular complexity index is 510. The summed E-state index contributed by atoms with van der Waals surface area (Å²) in [5, 5.41) is 10.9. The van der Waals surface area contributed by atoms with E-state index in [1.165, 1.54) is 11.8 Å². The average molecular weight is 283 g/mol. The van der Waals surface area contributed by atoms with Crippen LogP contribution in [-0.2, 0) is 11.3 Å². The van der Waals surface area contributed by atoms with Crippen LogP contribution < -0.4 is 5.73 Å². The molecule has 0 aromatic carbocycles. The van der Waals surface area contributed by atoms with Crippen molar-refractivity contribution in [1.29, 1.82) is 0 Å². The number of hydrogen-bond donors (Lipinski definition) is 2. The van der Waals surface area contributed by atoms with Crippen LogP contribution in [0.25, 0.3) is 0 Å². The summed E-state index contributed by atoms with van der Waals surface area (Å²) < 4.78 is 0. The summed E-state index contributed by atoms with van der Waals surface area (Å²) in [7, 11) is 1.78. The number of carbonyl (C=O) groups is 1. The molecule has 0 aliphatic carbocycles. The lowest BCUT2D eigenvalue weighted by atomic mass is 10.3. The molecule has 0 aliphatic rings. The molecule has 18 heavy (non-hydrogen) atoms. The minimum Gasteiger partial charge on any atom is -0.368 e. The van der Waals surface area contributed by atoms with Crippen molar-refractivity contribution in [3.63, 3.8) is 0 Å². The van der Waals surface area contributed by atoms with Crippen molar-refractivity contribution >= 4 is 35.0 Å². The first-order chi connectivity index (χ1) is 8.65. The maximum absolute atomic E-state index is 11.9. The van der Waals surface area contributed by atoms with Gasteiger partial charge in [-0.25, -0.2) is 5.10 Å². The molecule has 96 valence electrons. The van der Waals surface area contributed by atoms with Crippen molar-refractivity contribution < 1.29 is 4.79 Å². The maximum atomic E-state index is 11.9. The van der Waals surface area contributed by atoms with Crippen molar-refractivity contribution in [3.8, 4) is 0 Å². The van der Waals surface area contributed by atoms with E-state index in [9.17, 15) is 4.79 Å². The molecule has 1 amide bonds. The molecular weight excluding hydrogens is 270 g/mol. The summed E-state index contributed by atoms with van der Waals surface area (Å²) in [5.74, 6) is 0.601. The quantitative estimate of drug-likeness (QED) is 0.805. The summed E-state index contributed by atoms with van der Waals surface area (Å²) in [4.78, 5) is 17.5. The van der Waals surface area contributed by atoms with Crippen molar-refractivity contribution in [2.24, 2.45) is 0 Å². The fourth-order valence-electron chi connectivity index (χ4n) is 1.30. The normalized spacial score (nSPS) is 10.5. The Labute approximate surface area is 113 Å². The molecule has 0 atom stereocenters. The van der Waals surface area contributed by atoms with Crippen LogP contribution in [0.4, 0.5) is 5.95 Å². The molecule has 0 aliphatic heterocycles. The van der Waals surface area contributed by atoms with Gasteiger partial charge in [-0.3, -0.25) is 4.79 Å². The minimum absolute atomic E-state index is 0.0366. The molecule has 8 heteroatoms. The molecule has 0 spiro atoms. The molecule has 0 saturated heterocycles. The van der Waals surface area contributed by atoms with E-state index in [0.29, 0.717) is 17.5 Å². The highest BCUT2D eigenvalue weighted by Gasteiger charge is 2.11. The lowest BCUT2D eigenvalue weighted by molar-refractivity contribution is -0.127. The van der Waals surface area contributed by atoms with Gasteiger partial charge in [0.05, 0.1) is 5.75 Å². The van der Waals surface area contributed by atoms with E-state index >= 15 is 0 Å². The van der Waals surface area contributed by atoms with Gasteiger partial charge in [-0.15, -0.1) is 5.10 Å². The van der Waals surface area contributed by atoms with Crippen LogP contribution >= 0.6 is 23.1 Å². The van der Waals surface area contributed by atoms with Crippen LogP contribution in [0.15, 0.2) is 22.0 Å². The van der Waals surface area contributed by atoms with Gasteiger partial charge in [-0.1, -0.05) is 11.8 Å². The van der Waals surface area contributed by atoms with E-state index in [4.69, 9.17) is 5.73 Å². The number of aromatic nitrogens is 3. The number of nitrogens with two attached hydrogens (primary N) is 1. The molecule has 0 saturated carbocycles. The van der Waals surface area contributed by atoms with Crippen LogP contribution in [-0.4, -0.2) is 38.8 Å². The summed E-state index contributed by atoms with van der Waals surface area (Å²) >= 11 is 2.89. The van der Waals surface area contributed by atoms with E-state index in [2.05, 4.69) is 15.2 Å².